The molecule has 2 aromatic carbocycles. The van der Waals surface area contributed by atoms with Crippen LogP contribution in [0.4, 0.5) is 0 Å². The molecule has 1 heterocycles. The van der Waals surface area contributed by atoms with E-state index < -0.39 is 0 Å². The molecule has 0 saturated carbocycles. The van der Waals surface area contributed by atoms with Crippen molar-refractivity contribution < 1.29 is 9.47 Å². The smallest absolute Gasteiger partial charge is 0.223 e. The van der Waals surface area contributed by atoms with Crippen LogP contribution in [0.5, 0.6) is 5.75 Å². The number of ether oxygens (including phenoxy) is 2. The second-order valence-corrected chi connectivity index (χ2v) is 4.69. The molecule has 0 spiro atoms. The number of hydrogen-bond acceptors (Lipinski definition) is 2. The fourth-order valence-corrected chi connectivity index (χ4v) is 1.89. The van der Waals surface area contributed by atoms with E-state index in [1.807, 2.05) is 12.1 Å². The SMILES string of the molecule is Cc1ccc(Cc2ccc(OC3CO3)cc2)cc1. The van der Waals surface area contributed by atoms with Gasteiger partial charge in [-0.2, -0.15) is 0 Å². The van der Waals surface area contributed by atoms with E-state index >= 15 is 0 Å². The van der Waals surface area contributed by atoms with Crippen molar-refractivity contribution in [3.8, 4) is 5.75 Å². The molecule has 0 aliphatic carbocycles. The van der Waals surface area contributed by atoms with E-state index in [1.54, 1.807) is 0 Å². The second kappa shape index (κ2) is 4.83. The molecular formula is C16H16O2. The molecule has 1 aliphatic heterocycles. The normalized spacial score (nSPS) is 17.5. The monoisotopic (exact) mass is 240 g/mol. The summed E-state index contributed by atoms with van der Waals surface area (Å²) in [6.45, 7) is 2.82. The third kappa shape index (κ3) is 2.90. The average Bonchev–Trinajstić information content (AvgIpc) is 3.19. The zero-order valence-corrected chi connectivity index (χ0v) is 10.4. The molecule has 92 valence electrons. The molecule has 0 aromatic heterocycles. The predicted molar refractivity (Wildman–Crippen MR) is 70.8 cm³/mol. The Bertz CT molecular complexity index is 510. The van der Waals surface area contributed by atoms with E-state index in [4.69, 9.17) is 9.47 Å². The highest BCUT2D eigenvalue weighted by atomic mass is 16.8. The fourth-order valence-electron chi connectivity index (χ4n) is 1.89. The van der Waals surface area contributed by atoms with Gasteiger partial charge in [0.15, 0.2) is 0 Å². The molecule has 2 heteroatoms. The van der Waals surface area contributed by atoms with E-state index in [9.17, 15) is 0 Å². The zero-order chi connectivity index (χ0) is 12.4. The minimum atomic E-state index is -0.0204. The van der Waals surface area contributed by atoms with E-state index in [1.165, 1.54) is 16.7 Å². The van der Waals surface area contributed by atoms with Crippen LogP contribution in [-0.2, 0) is 11.2 Å². The molecular weight excluding hydrogens is 224 g/mol. The number of aryl methyl sites for hydroxylation is 1. The summed E-state index contributed by atoms with van der Waals surface area (Å²) in [5.74, 6) is 0.880. The lowest BCUT2D eigenvalue weighted by Crippen LogP contribution is -1.97. The first-order valence-electron chi connectivity index (χ1n) is 6.22. The van der Waals surface area contributed by atoms with Crippen molar-refractivity contribution >= 4 is 0 Å². The molecule has 3 rings (SSSR count). The molecule has 18 heavy (non-hydrogen) atoms. The van der Waals surface area contributed by atoms with Gasteiger partial charge in [0.05, 0.1) is 0 Å². The molecule has 1 fully saturated rings. The second-order valence-electron chi connectivity index (χ2n) is 4.69. The Kier molecular flexibility index (Phi) is 3.03. The summed E-state index contributed by atoms with van der Waals surface area (Å²) in [5.41, 5.74) is 3.93. The Balaban J connectivity index is 1.66. The maximum absolute atomic E-state index is 5.52. The molecule has 1 saturated heterocycles. The van der Waals surface area contributed by atoms with Gasteiger partial charge in [-0.05, 0) is 36.6 Å². The highest BCUT2D eigenvalue weighted by Crippen LogP contribution is 2.20. The summed E-state index contributed by atoms with van der Waals surface area (Å²) in [6.07, 6.45) is 0.938. The first kappa shape index (κ1) is 11.3. The van der Waals surface area contributed by atoms with Gasteiger partial charge in [-0.1, -0.05) is 42.0 Å². The molecule has 1 unspecified atom stereocenters. The number of epoxide rings is 1. The fraction of sp³-hybridized carbons (Fsp3) is 0.250. The first-order chi connectivity index (χ1) is 8.79. The van der Waals surface area contributed by atoms with Crippen LogP contribution in [0.2, 0.25) is 0 Å². The van der Waals surface area contributed by atoms with Crippen LogP contribution in [0.1, 0.15) is 16.7 Å². The first-order valence-corrected chi connectivity index (χ1v) is 6.22. The van der Waals surface area contributed by atoms with Crippen LogP contribution in [0, 0.1) is 6.92 Å². The molecule has 2 nitrogen and oxygen atoms in total. The van der Waals surface area contributed by atoms with Crippen LogP contribution in [0.3, 0.4) is 0 Å². The summed E-state index contributed by atoms with van der Waals surface area (Å²) in [7, 11) is 0. The quantitative estimate of drug-likeness (QED) is 0.765. The summed E-state index contributed by atoms with van der Waals surface area (Å²) in [4.78, 5) is 0. The van der Waals surface area contributed by atoms with Crippen molar-refractivity contribution in [3.05, 3.63) is 65.2 Å². The molecule has 1 atom stereocenters. The van der Waals surface area contributed by atoms with Crippen LogP contribution in [0.15, 0.2) is 48.5 Å². The lowest BCUT2D eigenvalue weighted by molar-refractivity contribution is 0.179. The molecule has 1 aliphatic rings. The maximum Gasteiger partial charge on any atom is 0.223 e. The summed E-state index contributed by atoms with van der Waals surface area (Å²) < 4.78 is 10.6. The minimum Gasteiger partial charge on any atom is -0.462 e. The van der Waals surface area contributed by atoms with Crippen LogP contribution in [0.25, 0.3) is 0 Å². The number of rotatable bonds is 4. The van der Waals surface area contributed by atoms with Crippen LogP contribution in [-0.4, -0.2) is 12.9 Å². The Hall–Kier alpha value is -1.80. The minimum absolute atomic E-state index is 0.0204. The van der Waals surface area contributed by atoms with Gasteiger partial charge in [-0.15, -0.1) is 0 Å². The number of hydrogen-bond donors (Lipinski definition) is 0. The molecule has 0 bridgehead atoms. The Morgan fingerprint density at radius 2 is 1.56 bits per heavy atom. The highest BCUT2D eigenvalue weighted by Gasteiger charge is 2.24. The third-order valence-corrected chi connectivity index (χ3v) is 3.02. The highest BCUT2D eigenvalue weighted by molar-refractivity contribution is 5.32. The lowest BCUT2D eigenvalue weighted by Gasteiger charge is -2.05. The van der Waals surface area contributed by atoms with E-state index in [-0.39, 0.29) is 6.29 Å². The van der Waals surface area contributed by atoms with Crippen molar-refractivity contribution in [1.29, 1.82) is 0 Å². The van der Waals surface area contributed by atoms with Gasteiger partial charge in [0.2, 0.25) is 6.29 Å². The van der Waals surface area contributed by atoms with Gasteiger partial charge in [0.1, 0.15) is 12.4 Å². The van der Waals surface area contributed by atoms with Gasteiger partial charge in [-0.25, -0.2) is 0 Å². The van der Waals surface area contributed by atoms with Crippen molar-refractivity contribution in [2.75, 3.05) is 6.61 Å². The van der Waals surface area contributed by atoms with Crippen molar-refractivity contribution in [2.45, 2.75) is 19.6 Å². The molecule has 0 N–H and O–H groups in total. The number of benzene rings is 2. The zero-order valence-electron chi connectivity index (χ0n) is 10.4. The largest absolute Gasteiger partial charge is 0.462 e. The van der Waals surface area contributed by atoms with Crippen LogP contribution < -0.4 is 4.74 Å². The van der Waals surface area contributed by atoms with E-state index in [0.717, 1.165) is 12.2 Å². The Morgan fingerprint density at radius 1 is 1.00 bits per heavy atom. The van der Waals surface area contributed by atoms with Gasteiger partial charge < -0.3 is 9.47 Å². The van der Waals surface area contributed by atoms with E-state index in [0.29, 0.717) is 6.61 Å². The van der Waals surface area contributed by atoms with Gasteiger partial charge >= 0.3 is 0 Å². The maximum atomic E-state index is 5.52. The van der Waals surface area contributed by atoms with Gasteiger partial charge in [0, 0.05) is 0 Å². The molecule has 0 radical (unpaired) electrons. The Morgan fingerprint density at radius 3 is 2.11 bits per heavy atom. The standard InChI is InChI=1S/C16H16O2/c1-12-2-4-13(5-3-12)10-14-6-8-15(9-7-14)18-16-11-17-16/h2-9,16H,10-11H2,1H3. The van der Waals surface area contributed by atoms with Crippen molar-refractivity contribution in [3.63, 3.8) is 0 Å². The summed E-state index contributed by atoms with van der Waals surface area (Å²) >= 11 is 0. The van der Waals surface area contributed by atoms with Crippen molar-refractivity contribution in [1.82, 2.24) is 0 Å². The average molecular weight is 240 g/mol. The van der Waals surface area contributed by atoms with Crippen LogP contribution >= 0.6 is 0 Å². The van der Waals surface area contributed by atoms with Gasteiger partial charge in [-0.3, -0.25) is 0 Å². The molecule has 0 amide bonds. The lowest BCUT2D eigenvalue weighted by atomic mass is 10.0. The van der Waals surface area contributed by atoms with E-state index in [2.05, 4.69) is 43.3 Å². The third-order valence-electron chi connectivity index (χ3n) is 3.02. The van der Waals surface area contributed by atoms with Crippen molar-refractivity contribution in [2.24, 2.45) is 0 Å². The Labute approximate surface area is 107 Å². The van der Waals surface area contributed by atoms with Gasteiger partial charge in [0.25, 0.3) is 0 Å². The topological polar surface area (TPSA) is 21.8 Å². The molecule has 2 aromatic rings. The predicted octanol–water partition coefficient (Wildman–Crippen LogP) is 3.32. The summed E-state index contributed by atoms with van der Waals surface area (Å²) in [5, 5.41) is 0. The summed E-state index contributed by atoms with van der Waals surface area (Å²) in [6, 6.07) is 16.9.